The Morgan fingerprint density at radius 1 is 0.919 bits per heavy atom. The average molecular weight is 489 g/mol. The van der Waals surface area contributed by atoms with Gasteiger partial charge in [-0.15, -0.1) is 0 Å². The van der Waals surface area contributed by atoms with Crippen molar-refractivity contribution in [2.24, 2.45) is 5.92 Å². The molecule has 184 valence electrons. The Labute approximate surface area is 216 Å². The Bertz CT molecular complexity index is 1560. The molecule has 5 nitrogen and oxygen atoms in total. The van der Waals surface area contributed by atoms with Crippen LogP contribution in [0.15, 0.2) is 91.3 Å². The summed E-state index contributed by atoms with van der Waals surface area (Å²) in [5.74, 6) is -0.182. The van der Waals surface area contributed by atoms with Gasteiger partial charge in [0, 0.05) is 36.0 Å². The maximum atomic E-state index is 13.1. The van der Waals surface area contributed by atoms with Crippen LogP contribution in [0.25, 0.3) is 23.3 Å². The van der Waals surface area contributed by atoms with Crippen LogP contribution in [-0.4, -0.2) is 10.7 Å². The number of carbonyl (C=O) groups excluding carboxylic acids is 1. The topological polar surface area (TPSA) is 72.2 Å². The molecule has 0 saturated carbocycles. The molecule has 0 spiro atoms. The maximum Gasteiger partial charge on any atom is 0.269 e. The van der Waals surface area contributed by atoms with Crippen molar-refractivity contribution in [1.82, 2.24) is 5.32 Å². The number of nitrogens with zero attached hydrogens (tertiary/aromatic N) is 1. The second-order valence-corrected chi connectivity index (χ2v) is 9.36. The molecule has 5 heteroatoms. The van der Waals surface area contributed by atoms with Crippen molar-refractivity contribution in [3.05, 3.63) is 134 Å². The van der Waals surface area contributed by atoms with Gasteiger partial charge in [0.25, 0.3) is 5.69 Å². The number of ketones is 1. The number of fused-ring (bicyclic) bond motifs is 5. The Hall–Kier alpha value is -4.51. The number of nitrogens with one attached hydrogen (secondary N) is 1. The van der Waals surface area contributed by atoms with Gasteiger partial charge in [0.2, 0.25) is 0 Å². The minimum Gasteiger partial charge on any atom is -0.368 e. The van der Waals surface area contributed by atoms with E-state index < -0.39 is 4.92 Å². The van der Waals surface area contributed by atoms with E-state index in [1.807, 2.05) is 36.7 Å². The normalized spacial score (nSPS) is 16.3. The van der Waals surface area contributed by atoms with E-state index in [-0.39, 0.29) is 17.4 Å². The van der Waals surface area contributed by atoms with E-state index in [1.54, 1.807) is 12.1 Å². The third-order valence-electron chi connectivity index (χ3n) is 7.10. The summed E-state index contributed by atoms with van der Waals surface area (Å²) in [5, 5.41) is 16.2. The minimum atomic E-state index is -0.446. The van der Waals surface area contributed by atoms with Gasteiger partial charge in [-0.25, -0.2) is 0 Å². The zero-order chi connectivity index (χ0) is 25.8. The van der Waals surface area contributed by atoms with Gasteiger partial charge >= 0.3 is 0 Å². The molecular weight excluding hydrogens is 460 g/mol. The Morgan fingerprint density at radius 2 is 1.68 bits per heavy atom. The van der Waals surface area contributed by atoms with Gasteiger partial charge in [-0.05, 0) is 88.7 Å². The van der Waals surface area contributed by atoms with E-state index in [2.05, 4.69) is 54.7 Å². The van der Waals surface area contributed by atoms with Gasteiger partial charge in [0.1, 0.15) is 0 Å². The van der Waals surface area contributed by atoms with Crippen LogP contribution in [-0.2, 0) is 12.8 Å². The van der Waals surface area contributed by atoms with E-state index in [1.165, 1.54) is 50.4 Å². The second kappa shape index (κ2) is 10.6. The van der Waals surface area contributed by atoms with Crippen LogP contribution in [0.5, 0.6) is 0 Å². The number of carbonyl (C=O) groups is 1. The second-order valence-electron chi connectivity index (χ2n) is 9.36. The highest BCUT2D eigenvalue weighted by atomic mass is 16.6. The van der Waals surface area contributed by atoms with Gasteiger partial charge in [-0.3, -0.25) is 14.9 Å². The number of nitro groups is 1. The number of rotatable bonds is 3. The van der Waals surface area contributed by atoms with Gasteiger partial charge in [0.15, 0.2) is 5.78 Å². The molecule has 2 aliphatic carbocycles. The number of Topliss-reactive ketones (excluding diaryl/α,β-unsaturated/α-hetero) is 1. The highest BCUT2D eigenvalue weighted by Gasteiger charge is 2.23. The standard InChI is InChI=1S/C26H21NO3.C6H7N/c1-16-3-2-4-22-21(16)13-14-24-23(22)12-9-17-5-6-19(15-25(17)24)26(28)18-7-10-20(11-8-18)27(29)30;1-2-4-6-7-5-3-1/h2-4,7-12,14-15,19H,5-6,13H2,1H3;1-7H. The number of aryl methyl sites for hydroxylation is 2. The van der Waals surface area contributed by atoms with Crippen molar-refractivity contribution in [1.29, 1.82) is 0 Å². The van der Waals surface area contributed by atoms with Crippen molar-refractivity contribution in [2.45, 2.75) is 26.2 Å². The van der Waals surface area contributed by atoms with Crippen LogP contribution in [0.3, 0.4) is 0 Å². The minimum absolute atomic E-state index is 0.00199. The van der Waals surface area contributed by atoms with Gasteiger partial charge in [0.05, 0.1) is 4.92 Å². The summed E-state index contributed by atoms with van der Waals surface area (Å²) >= 11 is 0. The molecule has 0 radical (unpaired) electrons. The Kier molecular flexibility index (Phi) is 6.95. The summed E-state index contributed by atoms with van der Waals surface area (Å²) in [6, 6.07) is 16.8. The summed E-state index contributed by atoms with van der Waals surface area (Å²) in [4.78, 5) is 23.5. The number of nitro benzene ring substituents is 1. The van der Waals surface area contributed by atoms with Crippen LogP contribution in [0.1, 0.15) is 33.5 Å². The van der Waals surface area contributed by atoms with Crippen LogP contribution in [0.2, 0.25) is 0 Å². The largest absolute Gasteiger partial charge is 0.368 e. The Balaban J connectivity index is 0.000000348. The molecule has 0 fully saturated rings. The fraction of sp³-hybridized carbons (Fsp3) is 0.156. The lowest BCUT2D eigenvalue weighted by Crippen LogP contribution is -2.37. The molecule has 3 aromatic carbocycles. The lowest BCUT2D eigenvalue weighted by molar-refractivity contribution is -0.384. The van der Waals surface area contributed by atoms with Gasteiger partial charge in [-0.1, -0.05) is 54.6 Å². The van der Waals surface area contributed by atoms with Crippen molar-refractivity contribution in [3.8, 4) is 11.1 Å². The van der Waals surface area contributed by atoms with Crippen molar-refractivity contribution >= 4 is 23.6 Å². The number of hydrogen-bond acceptors (Lipinski definition) is 4. The van der Waals surface area contributed by atoms with Crippen LogP contribution < -0.4 is 15.8 Å². The molecule has 1 unspecified atom stereocenters. The molecule has 3 aliphatic rings. The molecule has 0 amide bonds. The molecule has 1 aliphatic heterocycles. The first-order valence-corrected chi connectivity index (χ1v) is 12.5. The van der Waals surface area contributed by atoms with Crippen molar-refractivity contribution < 1.29 is 9.72 Å². The van der Waals surface area contributed by atoms with Gasteiger partial charge < -0.3 is 5.32 Å². The van der Waals surface area contributed by atoms with E-state index in [4.69, 9.17) is 0 Å². The molecule has 1 atom stereocenters. The maximum absolute atomic E-state index is 13.1. The van der Waals surface area contributed by atoms with Crippen LogP contribution in [0.4, 0.5) is 5.69 Å². The number of hydrogen-bond donors (Lipinski definition) is 1. The quantitative estimate of drug-likeness (QED) is 0.308. The molecule has 0 aromatic heterocycles. The number of non-ortho nitro benzene ring substituents is 1. The van der Waals surface area contributed by atoms with Crippen LogP contribution >= 0.6 is 0 Å². The molecule has 1 N–H and O–H groups in total. The lowest BCUT2D eigenvalue weighted by atomic mass is 9.81. The fourth-order valence-corrected chi connectivity index (χ4v) is 5.15. The zero-order valence-corrected chi connectivity index (χ0v) is 20.7. The average Bonchev–Trinajstić information content (AvgIpc) is 3.26. The third-order valence-corrected chi connectivity index (χ3v) is 7.10. The van der Waals surface area contributed by atoms with Crippen molar-refractivity contribution in [3.63, 3.8) is 0 Å². The van der Waals surface area contributed by atoms with E-state index >= 15 is 0 Å². The first-order chi connectivity index (χ1) is 18.0. The zero-order valence-electron chi connectivity index (χ0n) is 20.7. The first-order valence-electron chi connectivity index (χ1n) is 12.5. The van der Waals surface area contributed by atoms with Crippen molar-refractivity contribution in [2.75, 3.05) is 0 Å². The monoisotopic (exact) mass is 488 g/mol. The predicted molar refractivity (Wildman–Crippen MR) is 148 cm³/mol. The molecule has 3 aromatic rings. The SMILES string of the molecule is C1=CC=CNC=C1.Cc1cccc2c1CC=c1c-2ccc2c1=CC(C(=O)c1ccc([N+](=O)[O-])cc1)CC2. The molecule has 6 rings (SSSR count). The molecule has 0 saturated heterocycles. The summed E-state index contributed by atoms with van der Waals surface area (Å²) in [5.41, 5.74) is 7.02. The summed E-state index contributed by atoms with van der Waals surface area (Å²) < 4.78 is 0. The van der Waals surface area contributed by atoms with E-state index in [0.29, 0.717) is 5.56 Å². The van der Waals surface area contributed by atoms with Gasteiger partial charge in [-0.2, -0.15) is 0 Å². The van der Waals surface area contributed by atoms with E-state index in [0.717, 1.165) is 19.3 Å². The summed E-state index contributed by atoms with van der Waals surface area (Å²) in [6.45, 7) is 2.15. The predicted octanol–water partition coefficient (Wildman–Crippen LogP) is 5.31. The summed E-state index contributed by atoms with van der Waals surface area (Å²) in [7, 11) is 0. The molecule has 0 bridgehead atoms. The molecular formula is C32H28N2O3. The van der Waals surface area contributed by atoms with Crippen LogP contribution in [0, 0.1) is 23.0 Å². The lowest BCUT2D eigenvalue weighted by Gasteiger charge is -2.22. The number of allylic oxidation sites excluding steroid dienone is 4. The Morgan fingerprint density at radius 3 is 2.41 bits per heavy atom. The number of benzene rings is 3. The molecule has 37 heavy (non-hydrogen) atoms. The first kappa shape index (κ1) is 24.2. The molecule has 1 heterocycles. The third kappa shape index (κ3) is 5.07. The highest BCUT2D eigenvalue weighted by molar-refractivity contribution is 6.01. The summed E-state index contributed by atoms with van der Waals surface area (Å²) in [6.07, 6.45) is 18.5. The van der Waals surface area contributed by atoms with E-state index in [9.17, 15) is 14.9 Å². The highest BCUT2D eigenvalue weighted by Crippen LogP contribution is 2.28. The fourth-order valence-electron chi connectivity index (χ4n) is 5.15. The smallest absolute Gasteiger partial charge is 0.269 e.